The van der Waals surface area contributed by atoms with Gasteiger partial charge in [-0.2, -0.15) is 5.26 Å². The zero-order valence-electron chi connectivity index (χ0n) is 19.4. The molecule has 8 nitrogen and oxygen atoms in total. The van der Waals surface area contributed by atoms with E-state index in [4.69, 9.17) is 10.00 Å². The van der Waals surface area contributed by atoms with Crippen molar-refractivity contribution in [2.75, 3.05) is 30.4 Å². The molecule has 33 heavy (non-hydrogen) atoms. The maximum Gasteiger partial charge on any atom is 0.290 e. The molecule has 0 radical (unpaired) electrons. The molecule has 2 fully saturated rings. The normalized spacial score (nSPS) is 23.1. The summed E-state index contributed by atoms with van der Waals surface area (Å²) in [4.78, 5) is 40.8. The molecule has 1 unspecified atom stereocenters. The van der Waals surface area contributed by atoms with Gasteiger partial charge in [-0.15, -0.1) is 0 Å². The Morgan fingerprint density at radius 2 is 1.85 bits per heavy atom. The summed E-state index contributed by atoms with van der Waals surface area (Å²) in [6.45, 7) is 6.21. The molecule has 0 spiro atoms. The number of hydrogen-bond donors (Lipinski definition) is 1. The van der Waals surface area contributed by atoms with Crippen molar-refractivity contribution in [3.8, 4) is 6.07 Å². The lowest BCUT2D eigenvalue weighted by atomic mass is 9.82. The number of nitrogens with zero attached hydrogens (tertiary/aromatic N) is 3. The number of amides is 3. The predicted molar refractivity (Wildman–Crippen MR) is 123 cm³/mol. The average molecular weight is 451 g/mol. The number of likely N-dealkylation sites (tertiary alicyclic amines) is 1. The lowest BCUT2D eigenvalue weighted by molar-refractivity contribution is -0.146. The van der Waals surface area contributed by atoms with Gasteiger partial charge in [0.15, 0.2) is 11.9 Å². The van der Waals surface area contributed by atoms with E-state index >= 15 is 0 Å². The number of ether oxygens (including phenoxy) is 1. The summed E-state index contributed by atoms with van der Waals surface area (Å²) in [5.74, 6) is -0.755. The summed E-state index contributed by atoms with van der Waals surface area (Å²) < 4.78 is 5.40. The molecule has 8 heteroatoms. The van der Waals surface area contributed by atoms with Crippen molar-refractivity contribution in [1.82, 2.24) is 4.90 Å². The molecule has 1 aromatic carbocycles. The number of benzene rings is 1. The number of imide groups is 1. The Balaban J connectivity index is 1.60. The molecule has 174 valence electrons. The van der Waals surface area contributed by atoms with E-state index < -0.39 is 6.10 Å². The summed E-state index contributed by atoms with van der Waals surface area (Å²) in [7, 11) is 1.52. The van der Waals surface area contributed by atoms with Gasteiger partial charge in [-0.3, -0.25) is 19.3 Å². The average Bonchev–Trinajstić information content (AvgIpc) is 3.27. The largest absolute Gasteiger partial charge is 0.470 e. The van der Waals surface area contributed by atoms with E-state index in [2.05, 4.69) is 24.1 Å². The Morgan fingerprint density at radius 1 is 1.18 bits per heavy atom. The number of anilines is 2. The van der Waals surface area contributed by atoms with Crippen LogP contribution in [0.25, 0.3) is 0 Å². The predicted octanol–water partition coefficient (Wildman–Crippen LogP) is 3.31. The third-order valence-corrected chi connectivity index (χ3v) is 6.94. The van der Waals surface area contributed by atoms with Crippen LogP contribution in [-0.2, 0) is 19.1 Å². The number of carbonyl (C=O) groups is 3. The Kier molecular flexibility index (Phi) is 6.15. The van der Waals surface area contributed by atoms with E-state index in [-0.39, 0.29) is 47.7 Å². The first-order valence-corrected chi connectivity index (χ1v) is 11.4. The number of nitriles is 1. The second-order valence-electron chi connectivity index (χ2n) is 9.87. The fourth-order valence-electron chi connectivity index (χ4n) is 4.54. The van der Waals surface area contributed by atoms with Crippen LogP contribution in [0.5, 0.6) is 0 Å². The Bertz CT molecular complexity index is 1030. The fraction of sp³-hybridized carbons (Fsp3) is 0.520. The second kappa shape index (κ2) is 8.89. The topological polar surface area (TPSA) is 103 Å². The Morgan fingerprint density at radius 3 is 2.45 bits per heavy atom. The van der Waals surface area contributed by atoms with Crippen LogP contribution in [0.3, 0.4) is 0 Å². The smallest absolute Gasteiger partial charge is 0.290 e. The standard InChI is InChI=1S/C25H30N4O4/c1-25(2)8-10-29(11-9-25)20-12-16(17-13-22(30)28(3)23(31)14-17)4-6-19(20)27-24(32)21-7-5-18(15-26)33-21/h4,6-7,12,17-18H,5,8-11,13-14H2,1-3H3,(H,27,32). The quantitative estimate of drug-likeness (QED) is 0.706. The van der Waals surface area contributed by atoms with Crippen molar-refractivity contribution in [3.63, 3.8) is 0 Å². The molecule has 1 N–H and O–H groups in total. The summed E-state index contributed by atoms with van der Waals surface area (Å²) in [6, 6.07) is 7.74. The summed E-state index contributed by atoms with van der Waals surface area (Å²) in [5, 5.41) is 12.0. The molecule has 0 aromatic heterocycles. The van der Waals surface area contributed by atoms with Crippen LogP contribution in [-0.4, -0.2) is 48.9 Å². The first kappa shape index (κ1) is 22.8. The molecule has 3 aliphatic heterocycles. The van der Waals surface area contributed by atoms with Crippen LogP contribution in [0.15, 0.2) is 30.0 Å². The number of carbonyl (C=O) groups excluding carboxylic acids is 3. The maximum absolute atomic E-state index is 12.8. The molecular weight excluding hydrogens is 420 g/mol. The molecule has 3 amide bonds. The lowest BCUT2D eigenvalue weighted by Crippen LogP contribution is -2.40. The van der Waals surface area contributed by atoms with E-state index in [1.165, 1.54) is 11.9 Å². The minimum Gasteiger partial charge on any atom is -0.470 e. The van der Waals surface area contributed by atoms with Crippen molar-refractivity contribution >= 4 is 29.1 Å². The van der Waals surface area contributed by atoms with Gasteiger partial charge in [-0.25, -0.2) is 0 Å². The first-order valence-electron chi connectivity index (χ1n) is 11.4. The van der Waals surface area contributed by atoms with Crippen molar-refractivity contribution in [2.45, 2.75) is 58.0 Å². The Hall–Kier alpha value is -3.34. The molecule has 1 aromatic rings. The first-order chi connectivity index (χ1) is 15.7. The van der Waals surface area contributed by atoms with E-state index in [0.29, 0.717) is 12.1 Å². The third-order valence-electron chi connectivity index (χ3n) is 6.94. The van der Waals surface area contributed by atoms with Crippen molar-refractivity contribution in [1.29, 1.82) is 5.26 Å². The summed E-state index contributed by atoms with van der Waals surface area (Å²) >= 11 is 0. The molecule has 3 aliphatic rings. The molecule has 3 heterocycles. The van der Waals surface area contributed by atoms with Gasteiger partial charge >= 0.3 is 0 Å². The van der Waals surface area contributed by atoms with Crippen LogP contribution < -0.4 is 10.2 Å². The zero-order chi connectivity index (χ0) is 23.8. The molecule has 2 saturated heterocycles. The monoisotopic (exact) mass is 450 g/mol. The highest BCUT2D eigenvalue weighted by Gasteiger charge is 2.33. The van der Waals surface area contributed by atoms with Crippen molar-refractivity contribution < 1.29 is 19.1 Å². The van der Waals surface area contributed by atoms with E-state index in [1.807, 2.05) is 24.3 Å². The van der Waals surface area contributed by atoms with E-state index in [9.17, 15) is 14.4 Å². The number of piperidine rings is 2. The minimum absolute atomic E-state index is 0.155. The molecule has 0 saturated carbocycles. The molecule has 0 aliphatic carbocycles. The highest BCUT2D eigenvalue weighted by atomic mass is 16.5. The van der Waals surface area contributed by atoms with Gasteiger partial charge in [-0.05, 0) is 42.0 Å². The summed E-state index contributed by atoms with van der Waals surface area (Å²) in [6.07, 6.45) is 4.02. The molecule has 1 atom stereocenters. The van der Waals surface area contributed by atoms with E-state index in [1.54, 1.807) is 6.08 Å². The van der Waals surface area contributed by atoms with Gasteiger partial charge in [0.1, 0.15) is 6.07 Å². The highest BCUT2D eigenvalue weighted by molar-refractivity contribution is 6.04. The van der Waals surface area contributed by atoms with Gasteiger partial charge in [0.2, 0.25) is 11.8 Å². The van der Waals surface area contributed by atoms with Gasteiger partial charge in [0, 0.05) is 45.3 Å². The van der Waals surface area contributed by atoms with Crippen LogP contribution >= 0.6 is 0 Å². The van der Waals surface area contributed by atoms with E-state index in [0.717, 1.165) is 37.2 Å². The fourth-order valence-corrected chi connectivity index (χ4v) is 4.54. The van der Waals surface area contributed by atoms with Gasteiger partial charge in [-0.1, -0.05) is 19.9 Å². The van der Waals surface area contributed by atoms with Gasteiger partial charge < -0.3 is 15.0 Å². The van der Waals surface area contributed by atoms with Crippen molar-refractivity contribution in [3.05, 3.63) is 35.6 Å². The van der Waals surface area contributed by atoms with Crippen LogP contribution in [0.1, 0.15) is 57.4 Å². The molecule has 0 bridgehead atoms. The molecular formula is C25H30N4O4. The summed E-state index contributed by atoms with van der Waals surface area (Å²) in [5.41, 5.74) is 2.71. The lowest BCUT2D eigenvalue weighted by Gasteiger charge is -2.39. The number of hydrogen-bond acceptors (Lipinski definition) is 6. The van der Waals surface area contributed by atoms with Crippen LogP contribution in [0, 0.1) is 16.7 Å². The SMILES string of the molecule is CN1C(=O)CC(c2ccc(NC(=O)C3=CCC(C#N)O3)c(N3CCC(C)(C)CC3)c2)CC1=O. The van der Waals surface area contributed by atoms with Gasteiger partial charge in [0.05, 0.1) is 11.4 Å². The highest BCUT2D eigenvalue weighted by Crippen LogP contribution is 2.39. The second-order valence-corrected chi connectivity index (χ2v) is 9.87. The van der Waals surface area contributed by atoms with Crippen LogP contribution in [0.4, 0.5) is 11.4 Å². The van der Waals surface area contributed by atoms with Crippen molar-refractivity contribution in [2.24, 2.45) is 5.41 Å². The Labute approximate surface area is 194 Å². The third kappa shape index (κ3) is 4.87. The minimum atomic E-state index is -0.628. The number of rotatable bonds is 4. The zero-order valence-corrected chi connectivity index (χ0v) is 19.4. The van der Waals surface area contributed by atoms with Crippen LogP contribution in [0.2, 0.25) is 0 Å². The maximum atomic E-state index is 12.8. The van der Waals surface area contributed by atoms with Gasteiger partial charge in [0.25, 0.3) is 5.91 Å². The number of nitrogens with one attached hydrogen (secondary N) is 1. The molecule has 4 rings (SSSR count).